The van der Waals surface area contributed by atoms with Crippen LogP contribution in [-0.2, 0) is 16.0 Å². The number of fused-ring (bicyclic) bond motifs is 1. The number of rotatable bonds is 4. The van der Waals surface area contributed by atoms with E-state index in [-0.39, 0.29) is 24.2 Å². The second kappa shape index (κ2) is 7.61. The second-order valence-corrected chi connectivity index (χ2v) is 6.84. The normalized spacial score (nSPS) is 17.0. The minimum Gasteiger partial charge on any atom is -0.356 e. The lowest BCUT2D eigenvalue weighted by Gasteiger charge is -2.32. The van der Waals surface area contributed by atoms with Crippen molar-refractivity contribution in [1.82, 2.24) is 10.1 Å². The molecule has 1 atom stereocenters. The molecule has 1 fully saturated rings. The highest BCUT2D eigenvalue weighted by Crippen LogP contribution is 2.22. The van der Waals surface area contributed by atoms with Crippen LogP contribution in [-0.4, -0.2) is 35.0 Å². The molecular weight excluding hydrogens is 342 g/mol. The monoisotopic (exact) mass is 363 g/mol. The summed E-state index contributed by atoms with van der Waals surface area (Å²) in [6.07, 6.45) is 1.79. The Kier molecular flexibility index (Phi) is 4.87. The largest absolute Gasteiger partial charge is 0.356 e. The van der Waals surface area contributed by atoms with Gasteiger partial charge in [-0.2, -0.15) is 0 Å². The zero-order valence-electron chi connectivity index (χ0n) is 14.9. The van der Waals surface area contributed by atoms with Crippen molar-refractivity contribution >= 4 is 28.5 Å². The number of carbonyl (C=O) groups excluding carboxylic acids is 2. The van der Waals surface area contributed by atoms with Crippen LogP contribution in [0.1, 0.15) is 18.5 Å². The van der Waals surface area contributed by atoms with E-state index in [4.69, 9.17) is 4.52 Å². The first-order chi connectivity index (χ1) is 13.2. The van der Waals surface area contributed by atoms with Gasteiger partial charge in [0.15, 0.2) is 5.58 Å². The molecule has 0 saturated carbocycles. The Labute approximate surface area is 157 Å². The first kappa shape index (κ1) is 17.3. The maximum absolute atomic E-state index is 12.7. The molecule has 6 nitrogen and oxygen atoms in total. The molecule has 4 rings (SSSR count). The standard InChI is InChI=1S/C21H21N3O3/c25-20(13-18-17-10-4-5-11-19(17)27-23-18)24-12-6-7-15(14-24)21(26)22-16-8-2-1-3-9-16/h1-5,8-11,15H,6-7,12-14H2,(H,22,26). The van der Waals surface area contributed by atoms with Gasteiger partial charge in [0.1, 0.15) is 5.69 Å². The minimum absolute atomic E-state index is 0.0220. The molecule has 27 heavy (non-hydrogen) atoms. The summed E-state index contributed by atoms with van der Waals surface area (Å²) in [7, 11) is 0. The third kappa shape index (κ3) is 3.84. The van der Waals surface area contributed by atoms with Gasteiger partial charge in [-0.25, -0.2) is 0 Å². The third-order valence-corrected chi connectivity index (χ3v) is 4.96. The number of aromatic nitrogens is 1. The van der Waals surface area contributed by atoms with Crippen molar-refractivity contribution < 1.29 is 14.1 Å². The van der Waals surface area contributed by atoms with Gasteiger partial charge in [-0.15, -0.1) is 0 Å². The summed E-state index contributed by atoms with van der Waals surface area (Å²) in [4.78, 5) is 27.1. The molecule has 1 N–H and O–H groups in total. The molecule has 1 aliphatic rings. The van der Waals surface area contributed by atoms with Crippen molar-refractivity contribution in [2.24, 2.45) is 5.92 Å². The maximum Gasteiger partial charge on any atom is 0.229 e. The molecule has 3 aromatic rings. The summed E-state index contributed by atoms with van der Waals surface area (Å²) in [6, 6.07) is 16.9. The second-order valence-electron chi connectivity index (χ2n) is 6.84. The quantitative estimate of drug-likeness (QED) is 0.772. The molecule has 0 spiro atoms. The fourth-order valence-corrected chi connectivity index (χ4v) is 3.50. The summed E-state index contributed by atoms with van der Waals surface area (Å²) < 4.78 is 5.28. The molecule has 2 aromatic carbocycles. The Hall–Kier alpha value is -3.15. The first-order valence-corrected chi connectivity index (χ1v) is 9.17. The number of amides is 2. The van der Waals surface area contributed by atoms with Gasteiger partial charge >= 0.3 is 0 Å². The zero-order chi connectivity index (χ0) is 18.6. The van der Waals surface area contributed by atoms with E-state index >= 15 is 0 Å². The zero-order valence-corrected chi connectivity index (χ0v) is 14.9. The van der Waals surface area contributed by atoms with Crippen LogP contribution in [0.5, 0.6) is 0 Å². The van der Waals surface area contributed by atoms with E-state index in [1.54, 1.807) is 4.90 Å². The summed E-state index contributed by atoms with van der Waals surface area (Å²) >= 11 is 0. The van der Waals surface area contributed by atoms with Crippen LogP contribution < -0.4 is 5.32 Å². The fraction of sp³-hybridized carbons (Fsp3) is 0.286. The number of benzene rings is 2. The van der Waals surface area contributed by atoms with Gasteiger partial charge in [0.2, 0.25) is 11.8 Å². The molecule has 0 bridgehead atoms. The van der Waals surface area contributed by atoms with Crippen molar-refractivity contribution in [3.63, 3.8) is 0 Å². The summed E-state index contributed by atoms with van der Waals surface area (Å²) in [5.74, 6) is -0.256. The molecular formula is C21H21N3O3. The number of anilines is 1. The lowest BCUT2D eigenvalue weighted by molar-refractivity contribution is -0.134. The first-order valence-electron chi connectivity index (χ1n) is 9.17. The molecule has 1 aromatic heterocycles. The van der Waals surface area contributed by atoms with Crippen LogP contribution >= 0.6 is 0 Å². The number of para-hydroxylation sites is 2. The molecule has 0 aliphatic carbocycles. The van der Waals surface area contributed by atoms with E-state index in [1.165, 1.54) is 0 Å². The Morgan fingerprint density at radius 3 is 2.74 bits per heavy atom. The van der Waals surface area contributed by atoms with Crippen molar-refractivity contribution in [1.29, 1.82) is 0 Å². The predicted molar refractivity (Wildman–Crippen MR) is 102 cm³/mol. The van der Waals surface area contributed by atoms with Crippen LogP contribution in [0, 0.1) is 5.92 Å². The number of likely N-dealkylation sites (tertiary alicyclic amines) is 1. The highest BCUT2D eigenvalue weighted by Gasteiger charge is 2.29. The number of nitrogens with one attached hydrogen (secondary N) is 1. The lowest BCUT2D eigenvalue weighted by Crippen LogP contribution is -2.44. The SMILES string of the molecule is O=C(Nc1ccccc1)C1CCCN(C(=O)Cc2noc3ccccc23)C1. The smallest absolute Gasteiger partial charge is 0.229 e. The predicted octanol–water partition coefficient (Wildman–Crippen LogP) is 3.25. The number of hydrogen-bond donors (Lipinski definition) is 1. The molecule has 0 radical (unpaired) electrons. The molecule has 138 valence electrons. The topological polar surface area (TPSA) is 75.4 Å². The highest BCUT2D eigenvalue weighted by molar-refractivity contribution is 5.93. The van der Waals surface area contributed by atoms with E-state index in [0.29, 0.717) is 24.4 Å². The number of piperidine rings is 1. The molecule has 6 heteroatoms. The lowest BCUT2D eigenvalue weighted by atomic mass is 9.96. The van der Waals surface area contributed by atoms with Gasteiger partial charge in [0.05, 0.1) is 12.3 Å². The van der Waals surface area contributed by atoms with Crippen molar-refractivity contribution in [2.75, 3.05) is 18.4 Å². The van der Waals surface area contributed by atoms with Gasteiger partial charge in [-0.1, -0.05) is 35.5 Å². The van der Waals surface area contributed by atoms with Crippen LogP contribution in [0.4, 0.5) is 5.69 Å². The molecule has 1 aliphatic heterocycles. The van der Waals surface area contributed by atoms with Crippen LogP contribution in [0.15, 0.2) is 59.1 Å². The summed E-state index contributed by atoms with van der Waals surface area (Å²) in [5, 5.41) is 7.84. The molecule has 2 amide bonds. The molecule has 1 saturated heterocycles. The van der Waals surface area contributed by atoms with Gasteiger partial charge in [0.25, 0.3) is 0 Å². The average Bonchev–Trinajstić information content (AvgIpc) is 3.12. The number of carbonyl (C=O) groups is 2. The van der Waals surface area contributed by atoms with Crippen molar-refractivity contribution in [2.45, 2.75) is 19.3 Å². The van der Waals surface area contributed by atoms with Crippen LogP contribution in [0.3, 0.4) is 0 Å². The van der Waals surface area contributed by atoms with Crippen molar-refractivity contribution in [3.05, 3.63) is 60.3 Å². The van der Waals surface area contributed by atoms with E-state index < -0.39 is 0 Å². The average molecular weight is 363 g/mol. The van der Waals surface area contributed by atoms with E-state index in [2.05, 4.69) is 10.5 Å². The maximum atomic E-state index is 12.7. The van der Waals surface area contributed by atoms with Gasteiger partial charge < -0.3 is 14.7 Å². The van der Waals surface area contributed by atoms with Crippen molar-refractivity contribution in [3.8, 4) is 0 Å². The Morgan fingerprint density at radius 2 is 1.89 bits per heavy atom. The van der Waals surface area contributed by atoms with E-state index in [0.717, 1.165) is 23.9 Å². The van der Waals surface area contributed by atoms with Crippen LogP contribution in [0.2, 0.25) is 0 Å². The van der Waals surface area contributed by atoms with Gasteiger partial charge in [-0.05, 0) is 37.1 Å². The van der Waals surface area contributed by atoms with E-state index in [1.807, 2.05) is 54.6 Å². The number of nitrogens with zero attached hydrogens (tertiary/aromatic N) is 2. The Bertz CT molecular complexity index is 951. The summed E-state index contributed by atoms with van der Waals surface area (Å²) in [5.41, 5.74) is 2.10. The van der Waals surface area contributed by atoms with Gasteiger partial charge in [0, 0.05) is 24.2 Å². The van der Waals surface area contributed by atoms with E-state index in [9.17, 15) is 9.59 Å². The molecule has 2 heterocycles. The Balaban J connectivity index is 1.40. The highest BCUT2D eigenvalue weighted by atomic mass is 16.5. The number of hydrogen-bond acceptors (Lipinski definition) is 4. The fourth-order valence-electron chi connectivity index (χ4n) is 3.50. The Morgan fingerprint density at radius 1 is 1.11 bits per heavy atom. The third-order valence-electron chi connectivity index (χ3n) is 4.96. The minimum atomic E-state index is -0.197. The van der Waals surface area contributed by atoms with Gasteiger partial charge in [-0.3, -0.25) is 9.59 Å². The summed E-state index contributed by atoms with van der Waals surface area (Å²) in [6.45, 7) is 1.11. The molecule has 1 unspecified atom stereocenters. The van der Waals surface area contributed by atoms with Crippen LogP contribution in [0.25, 0.3) is 11.0 Å².